The first kappa shape index (κ1) is 20.1. The van der Waals surface area contributed by atoms with Gasteiger partial charge in [-0.25, -0.2) is 0 Å². The van der Waals surface area contributed by atoms with Crippen molar-refractivity contribution >= 4 is 5.96 Å². The maximum atomic E-state index is 12.7. The van der Waals surface area contributed by atoms with Crippen molar-refractivity contribution < 1.29 is 22.6 Å². The van der Waals surface area contributed by atoms with Crippen LogP contribution in [0.2, 0.25) is 0 Å². The molecule has 0 bridgehead atoms. The number of alkyl halides is 3. The molecular formula is C16H24F3N3O2. The molecule has 1 atom stereocenters. The van der Waals surface area contributed by atoms with Crippen LogP contribution in [0, 0.1) is 0 Å². The van der Waals surface area contributed by atoms with Crippen molar-refractivity contribution in [1.82, 2.24) is 10.6 Å². The summed E-state index contributed by atoms with van der Waals surface area (Å²) in [6, 6.07) is 4.88. The van der Waals surface area contributed by atoms with Crippen molar-refractivity contribution in [1.29, 1.82) is 0 Å². The number of hydrogen-bond acceptors (Lipinski definition) is 3. The zero-order chi connectivity index (χ0) is 18.0. The predicted octanol–water partition coefficient (Wildman–Crippen LogP) is 2.67. The Morgan fingerprint density at radius 2 is 2.04 bits per heavy atom. The molecule has 0 aliphatic rings. The lowest BCUT2D eigenvalue weighted by atomic mass is 10.2. The molecule has 1 unspecified atom stereocenters. The molecule has 0 saturated heterocycles. The molecule has 24 heavy (non-hydrogen) atoms. The zero-order valence-corrected chi connectivity index (χ0v) is 14.1. The van der Waals surface area contributed by atoms with E-state index in [0.717, 1.165) is 12.1 Å². The van der Waals surface area contributed by atoms with Gasteiger partial charge in [-0.1, -0.05) is 13.0 Å². The lowest BCUT2D eigenvalue weighted by Gasteiger charge is -2.20. The molecule has 0 amide bonds. The highest BCUT2D eigenvalue weighted by Gasteiger charge is 2.30. The summed E-state index contributed by atoms with van der Waals surface area (Å²) in [6.07, 6.45) is -4.03. The molecule has 0 radical (unpaired) electrons. The Balaban J connectivity index is 2.58. The minimum atomic E-state index is -4.38. The van der Waals surface area contributed by atoms with Crippen LogP contribution in [-0.2, 0) is 10.9 Å². The van der Waals surface area contributed by atoms with Gasteiger partial charge in [-0.3, -0.25) is 4.99 Å². The Morgan fingerprint density at radius 1 is 1.29 bits per heavy atom. The number of ether oxygens (including phenoxy) is 2. The molecule has 0 aliphatic heterocycles. The van der Waals surface area contributed by atoms with Crippen LogP contribution < -0.4 is 15.4 Å². The first-order valence-electron chi connectivity index (χ1n) is 7.68. The molecule has 1 aromatic carbocycles. The maximum Gasteiger partial charge on any atom is 0.416 e. The van der Waals surface area contributed by atoms with Crippen molar-refractivity contribution in [3.05, 3.63) is 29.8 Å². The fraction of sp³-hybridized carbons (Fsp3) is 0.562. The smallest absolute Gasteiger partial charge is 0.416 e. The highest BCUT2D eigenvalue weighted by Crippen LogP contribution is 2.31. The van der Waals surface area contributed by atoms with Crippen LogP contribution in [0.5, 0.6) is 5.75 Å². The third-order valence-electron chi connectivity index (χ3n) is 3.24. The summed E-state index contributed by atoms with van der Waals surface area (Å²) in [6.45, 7) is 3.46. The van der Waals surface area contributed by atoms with Crippen LogP contribution in [0.25, 0.3) is 0 Å². The number of methoxy groups -OCH3 is 1. The maximum absolute atomic E-state index is 12.7. The Bertz CT molecular complexity index is 522. The Hall–Kier alpha value is -1.96. The summed E-state index contributed by atoms with van der Waals surface area (Å²) in [4.78, 5) is 4.05. The van der Waals surface area contributed by atoms with Crippen LogP contribution in [0.4, 0.5) is 13.2 Å². The van der Waals surface area contributed by atoms with E-state index in [1.165, 1.54) is 12.1 Å². The van der Waals surface area contributed by atoms with E-state index in [-0.39, 0.29) is 11.9 Å². The average molecular weight is 347 g/mol. The molecule has 0 aromatic heterocycles. The van der Waals surface area contributed by atoms with Gasteiger partial charge in [0.25, 0.3) is 0 Å². The molecule has 2 N–H and O–H groups in total. The highest BCUT2D eigenvalue weighted by atomic mass is 19.4. The van der Waals surface area contributed by atoms with E-state index >= 15 is 0 Å². The first-order valence-corrected chi connectivity index (χ1v) is 7.68. The summed E-state index contributed by atoms with van der Waals surface area (Å²) in [5, 5.41) is 6.13. The third-order valence-corrected chi connectivity index (χ3v) is 3.24. The number of rotatable bonds is 8. The van der Waals surface area contributed by atoms with Gasteiger partial charge in [-0.05, 0) is 24.6 Å². The third kappa shape index (κ3) is 7.08. The van der Waals surface area contributed by atoms with E-state index in [2.05, 4.69) is 15.6 Å². The summed E-state index contributed by atoms with van der Waals surface area (Å²) < 4.78 is 48.8. The van der Waals surface area contributed by atoms with Crippen LogP contribution in [0.3, 0.4) is 0 Å². The lowest BCUT2D eigenvalue weighted by Crippen LogP contribution is -2.43. The second-order valence-electron chi connectivity index (χ2n) is 5.05. The predicted molar refractivity (Wildman–Crippen MR) is 87.4 cm³/mol. The fourth-order valence-electron chi connectivity index (χ4n) is 1.91. The molecule has 1 rings (SSSR count). The van der Waals surface area contributed by atoms with Crippen molar-refractivity contribution in [2.24, 2.45) is 4.99 Å². The molecule has 8 heteroatoms. The molecule has 5 nitrogen and oxygen atoms in total. The molecule has 136 valence electrons. The SMILES string of the molecule is CCC(CNC(=NC)NCCOC)Oc1cccc(C(F)(F)F)c1. The second-order valence-corrected chi connectivity index (χ2v) is 5.05. The number of nitrogens with zero attached hydrogens (tertiary/aromatic N) is 1. The van der Waals surface area contributed by atoms with Gasteiger partial charge in [0.05, 0.1) is 18.7 Å². The summed E-state index contributed by atoms with van der Waals surface area (Å²) in [7, 11) is 3.24. The minimum absolute atomic E-state index is 0.195. The number of benzene rings is 1. The summed E-state index contributed by atoms with van der Waals surface area (Å²) in [5.74, 6) is 0.777. The number of hydrogen-bond donors (Lipinski definition) is 2. The lowest BCUT2D eigenvalue weighted by molar-refractivity contribution is -0.137. The Morgan fingerprint density at radius 3 is 2.62 bits per heavy atom. The van der Waals surface area contributed by atoms with Gasteiger partial charge >= 0.3 is 6.18 Å². The van der Waals surface area contributed by atoms with Crippen LogP contribution in [-0.4, -0.2) is 45.9 Å². The van der Waals surface area contributed by atoms with Crippen LogP contribution in [0.15, 0.2) is 29.3 Å². The van der Waals surface area contributed by atoms with Gasteiger partial charge in [0, 0.05) is 20.7 Å². The quantitative estimate of drug-likeness (QED) is 0.431. The standard InChI is InChI=1S/C16H24F3N3O2/c1-4-13(11-22-15(20-2)21-8-9-23-3)24-14-7-5-6-12(10-14)16(17,18)19/h5-7,10,13H,4,8-9,11H2,1-3H3,(H2,20,21,22). The van der Waals surface area contributed by atoms with E-state index in [1.807, 2.05) is 6.92 Å². The zero-order valence-electron chi connectivity index (χ0n) is 14.1. The normalized spacial score (nSPS) is 13.5. The molecule has 1 aromatic rings. The van der Waals surface area contributed by atoms with Gasteiger partial charge in [0.15, 0.2) is 5.96 Å². The molecule has 0 fully saturated rings. The van der Waals surface area contributed by atoms with E-state index in [0.29, 0.717) is 32.1 Å². The van der Waals surface area contributed by atoms with Gasteiger partial charge in [-0.15, -0.1) is 0 Å². The molecule has 0 saturated carbocycles. The highest BCUT2D eigenvalue weighted by molar-refractivity contribution is 5.79. The van der Waals surface area contributed by atoms with Gasteiger partial charge < -0.3 is 20.1 Å². The van der Waals surface area contributed by atoms with Crippen molar-refractivity contribution in [3.63, 3.8) is 0 Å². The Labute approximate surface area is 140 Å². The molecule has 0 heterocycles. The second kappa shape index (κ2) is 10.0. The van der Waals surface area contributed by atoms with E-state index < -0.39 is 11.7 Å². The van der Waals surface area contributed by atoms with E-state index in [9.17, 15) is 13.2 Å². The molecular weight excluding hydrogens is 323 g/mol. The van der Waals surface area contributed by atoms with Crippen LogP contribution >= 0.6 is 0 Å². The Kier molecular flexibility index (Phi) is 8.39. The first-order chi connectivity index (χ1) is 11.4. The average Bonchev–Trinajstić information content (AvgIpc) is 2.56. The van der Waals surface area contributed by atoms with Crippen molar-refractivity contribution in [2.75, 3.05) is 33.9 Å². The molecule has 0 aliphatic carbocycles. The van der Waals surface area contributed by atoms with Gasteiger partial charge in [0.2, 0.25) is 0 Å². The number of guanidine groups is 1. The van der Waals surface area contributed by atoms with Gasteiger partial charge in [0.1, 0.15) is 11.9 Å². The van der Waals surface area contributed by atoms with Crippen molar-refractivity contribution in [2.45, 2.75) is 25.6 Å². The van der Waals surface area contributed by atoms with Crippen molar-refractivity contribution in [3.8, 4) is 5.75 Å². The van der Waals surface area contributed by atoms with E-state index in [4.69, 9.17) is 9.47 Å². The summed E-state index contributed by atoms with van der Waals surface area (Å²) in [5.41, 5.74) is -0.722. The topological polar surface area (TPSA) is 54.9 Å². The summed E-state index contributed by atoms with van der Waals surface area (Å²) >= 11 is 0. The monoisotopic (exact) mass is 347 g/mol. The van der Waals surface area contributed by atoms with E-state index in [1.54, 1.807) is 14.2 Å². The number of nitrogens with one attached hydrogen (secondary N) is 2. The minimum Gasteiger partial charge on any atom is -0.489 e. The fourth-order valence-corrected chi connectivity index (χ4v) is 1.91. The van der Waals surface area contributed by atoms with Crippen LogP contribution in [0.1, 0.15) is 18.9 Å². The van der Waals surface area contributed by atoms with Gasteiger partial charge in [-0.2, -0.15) is 13.2 Å². The largest absolute Gasteiger partial charge is 0.489 e. The molecule has 0 spiro atoms. The number of halogens is 3. The number of aliphatic imine (C=N–C) groups is 1.